The quantitative estimate of drug-likeness (QED) is 0.631. The Balaban J connectivity index is 2.50. The zero-order valence-corrected chi connectivity index (χ0v) is 13.0. The summed E-state index contributed by atoms with van der Waals surface area (Å²) in [6, 6.07) is 3.34. The van der Waals surface area contributed by atoms with E-state index in [1.807, 2.05) is 23.8 Å². The summed E-state index contributed by atoms with van der Waals surface area (Å²) in [5.74, 6) is 7.57. The molecule has 1 aromatic carbocycles. The van der Waals surface area contributed by atoms with E-state index in [0.29, 0.717) is 16.5 Å². The lowest BCUT2D eigenvalue weighted by molar-refractivity contribution is 0.354. The summed E-state index contributed by atoms with van der Waals surface area (Å²) in [7, 11) is 3.11. The molecule has 0 saturated heterocycles. The van der Waals surface area contributed by atoms with Crippen molar-refractivity contribution in [1.29, 1.82) is 0 Å². The van der Waals surface area contributed by atoms with Crippen molar-refractivity contribution < 1.29 is 9.47 Å². The van der Waals surface area contributed by atoms with Gasteiger partial charge in [0.05, 0.1) is 19.2 Å². The smallest absolute Gasteiger partial charge is 0.179 e. The lowest BCUT2D eigenvalue weighted by atomic mass is 10.1. The fraction of sp³-hybridized carbons (Fsp3) is 0.357. The van der Waals surface area contributed by atoms with E-state index in [1.54, 1.807) is 26.5 Å². The predicted molar refractivity (Wildman–Crippen MR) is 81.6 cm³/mol. The second kappa shape index (κ2) is 6.80. The van der Waals surface area contributed by atoms with E-state index < -0.39 is 0 Å². The number of nitrogens with one attached hydrogen (secondary N) is 1. The third kappa shape index (κ3) is 2.97. The molecule has 6 nitrogen and oxygen atoms in total. The molecule has 2 rings (SSSR count). The Bertz CT molecular complexity index is 615. The number of aryl methyl sites for hydroxylation is 1. The lowest BCUT2D eigenvalue weighted by Crippen LogP contribution is -2.31. The number of methoxy groups -OCH3 is 2. The minimum absolute atomic E-state index is 0.294. The minimum Gasteiger partial charge on any atom is -0.493 e. The predicted octanol–water partition coefficient (Wildman–Crippen LogP) is 2.13. The van der Waals surface area contributed by atoms with Gasteiger partial charge in [0.25, 0.3) is 0 Å². The first-order valence-electron chi connectivity index (χ1n) is 6.54. The van der Waals surface area contributed by atoms with Gasteiger partial charge in [-0.25, -0.2) is 10.4 Å². The van der Waals surface area contributed by atoms with Crippen LogP contribution in [0.1, 0.15) is 24.4 Å². The largest absolute Gasteiger partial charge is 0.493 e. The SMILES string of the molecule is CCn1ccnc1C(NN)c1cc(Cl)c(OC)c(OC)c1. The molecule has 0 fully saturated rings. The highest BCUT2D eigenvalue weighted by atomic mass is 35.5. The maximum atomic E-state index is 6.25. The van der Waals surface area contributed by atoms with Crippen LogP contribution >= 0.6 is 11.6 Å². The third-order valence-electron chi connectivity index (χ3n) is 3.30. The Morgan fingerprint density at radius 3 is 2.71 bits per heavy atom. The number of hydrogen-bond acceptors (Lipinski definition) is 5. The van der Waals surface area contributed by atoms with Gasteiger partial charge in [-0.1, -0.05) is 11.6 Å². The van der Waals surface area contributed by atoms with E-state index in [-0.39, 0.29) is 6.04 Å². The second-order valence-electron chi connectivity index (χ2n) is 4.41. The number of ether oxygens (including phenoxy) is 2. The molecular formula is C14H19ClN4O2. The number of aromatic nitrogens is 2. The average Bonchev–Trinajstić information content (AvgIpc) is 2.95. The minimum atomic E-state index is -0.294. The molecule has 1 atom stereocenters. The van der Waals surface area contributed by atoms with E-state index in [4.69, 9.17) is 26.9 Å². The number of hydrogen-bond donors (Lipinski definition) is 2. The van der Waals surface area contributed by atoms with Crippen LogP contribution in [0.15, 0.2) is 24.5 Å². The number of imidazole rings is 1. The highest BCUT2D eigenvalue weighted by Crippen LogP contribution is 2.38. The van der Waals surface area contributed by atoms with Crippen molar-refractivity contribution in [3.8, 4) is 11.5 Å². The van der Waals surface area contributed by atoms with Crippen molar-refractivity contribution >= 4 is 11.6 Å². The molecule has 0 aliphatic rings. The van der Waals surface area contributed by atoms with Crippen LogP contribution in [0, 0.1) is 0 Å². The molecule has 1 unspecified atom stereocenters. The van der Waals surface area contributed by atoms with Crippen molar-refractivity contribution in [2.75, 3.05) is 14.2 Å². The van der Waals surface area contributed by atoms with Gasteiger partial charge in [0.15, 0.2) is 11.5 Å². The highest BCUT2D eigenvalue weighted by Gasteiger charge is 2.21. The van der Waals surface area contributed by atoms with E-state index in [0.717, 1.165) is 17.9 Å². The van der Waals surface area contributed by atoms with E-state index in [2.05, 4.69) is 10.4 Å². The van der Waals surface area contributed by atoms with Gasteiger partial charge in [-0.15, -0.1) is 0 Å². The highest BCUT2D eigenvalue weighted by molar-refractivity contribution is 6.32. The molecule has 0 aliphatic heterocycles. The number of nitrogens with two attached hydrogens (primary N) is 1. The molecule has 21 heavy (non-hydrogen) atoms. The topological polar surface area (TPSA) is 74.3 Å². The summed E-state index contributed by atoms with van der Waals surface area (Å²) in [6.45, 7) is 2.84. The number of benzene rings is 1. The maximum Gasteiger partial charge on any atom is 0.179 e. The van der Waals surface area contributed by atoms with Gasteiger partial charge >= 0.3 is 0 Å². The number of rotatable bonds is 6. The maximum absolute atomic E-state index is 6.25. The number of halogens is 1. The van der Waals surface area contributed by atoms with Gasteiger partial charge in [-0.05, 0) is 24.6 Å². The number of hydrazine groups is 1. The standard InChI is InChI=1S/C14H19ClN4O2/c1-4-19-6-5-17-14(19)12(18-16)9-7-10(15)13(21-3)11(8-9)20-2/h5-8,12,18H,4,16H2,1-3H3. The first kappa shape index (κ1) is 15.6. The van der Waals surface area contributed by atoms with Crippen LogP contribution in [0.3, 0.4) is 0 Å². The molecule has 1 heterocycles. The van der Waals surface area contributed by atoms with Crippen LogP contribution in [0.2, 0.25) is 5.02 Å². The first-order valence-corrected chi connectivity index (χ1v) is 6.92. The third-order valence-corrected chi connectivity index (χ3v) is 3.58. The Hall–Kier alpha value is -1.76. The second-order valence-corrected chi connectivity index (χ2v) is 4.82. The van der Waals surface area contributed by atoms with Crippen LogP contribution in [-0.4, -0.2) is 23.8 Å². The van der Waals surface area contributed by atoms with Gasteiger partial charge in [0.2, 0.25) is 0 Å². The molecule has 1 aromatic heterocycles. The zero-order chi connectivity index (χ0) is 15.4. The fourth-order valence-electron chi connectivity index (χ4n) is 2.27. The molecule has 0 spiro atoms. The molecule has 0 aliphatic carbocycles. The molecule has 0 amide bonds. The van der Waals surface area contributed by atoms with Crippen molar-refractivity contribution in [3.05, 3.63) is 40.9 Å². The van der Waals surface area contributed by atoms with Crippen molar-refractivity contribution in [2.24, 2.45) is 5.84 Å². The molecule has 0 bridgehead atoms. The van der Waals surface area contributed by atoms with Gasteiger partial charge in [-0.3, -0.25) is 5.84 Å². The van der Waals surface area contributed by atoms with Crippen LogP contribution < -0.4 is 20.7 Å². The molecule has 7 heteroatoms. The van der Waals surface area contributed by atoms with Gasteiger partial charge < -0.3 is 14.0 Å². The zero-order valence-electron chi connectivity index (χ0n) is 12.3. The average molecular weight is 311 g/mol. The van der Waals surface area contributed by atoms with Gasteiger partial charge in [-0.2, -0.15) is 0 Å². The Morgan fingerprint density at radius 1 is 1.38 bits per heavy atom. The van der Waals surface area contributed by atoms with E-state index >= 15 is 0 Å². The monoisotopic (exact) mass is 310 g/mol. The van der Waals surface area contributed by atoms with Crippen LogP contribution in [0.25, 0.3) is 0 Å². The van der Waals surface area contributed by atoms with Crippen molar-refractivity contribution in [1.82, 2.24) is 15.0 Å². The fourth-order valence-corrected chi connectivity index (χ4v) is 2.57. The molecule has 2 aromatic rings. The Morgan fingerprint density at radius 2 is 2.14 bits per heavy atom. The molecular weight excluding hydrogens is 292 g/mol. The Labute approximate surface area is 128 Å². The Kier molecular flexibility index (Phi) is 5.06. The summed E-state index contributed by atoms with van der Waals surface area (Å²) in [4.78, 5) is 4.37. The van der Waals surface area contributed by atoms with E-state index in [9.17, 15) is 0 Å². The van der Waals surface area contributed by atoms with Crippen molar-refractivity contribution in [2.45, 2.75) is 19.5 Å². The molecule has 0 saturated carbocycles. The van der Waals surface area contributed by atoms with Crippen LogP contribution in [0.4, 0.5) is 0 Å². The summed E-state index contributed by atoms with van der Waals surface area (Å²) >= 11 is 6.25. The molecule has 0 radical (unpaired) electrons. The van der Waals surface area contributed by atoms with Gasteiger partial charge in [0.1, 0.15) is 11.9 Å². The van der Waals surface area contributed by atoms with Crippen molar-refractivity contribution in [3.63, 3.8) is 0 Å². The molecule has 114 valence electrons. The summed E-state index contributed by atoms with van der Waals surface area (Å²) in [5.41, 5.74) is 3.62. The van der Waals surface area contributed by atoms with Gasteiger partial charge in [0, 0.05) is 18.9 Å². The molecule has 3 N–H and O–H groups in total. The number of nitrogens with zero attached hydrogens (tertiary/aromatic N) is 2. The van der Waals surface area contributed by atoms with Crippen LogP contribution in [-0.2, 0) is 6.54 Å². The summed E-state index contributed by atoms with van der Waals surface area (Å²) in [6.07, 6.45) is 3.65. The first-order chi connectivity index (χ1) is 10.2. The summed E-state index contributed by atoms with van der Waals surface area (Å²) < 4.78 is 12.6. The van der Waals surface area contributed by atoms with Crippen LogP contribution in [0.5, 0.6) is 11.5 Å². The normalized spacial score (nSPS) is 12.2. The lowest BCUT2D eigenvalue weighted by Gasteiger charge is -2.19. The summed E-state index contributed by atoms with van der Waals surface area (Å²) in [5, 5.41) is 0.460. The van der Waals surface area contributed by atoms with E-state index in [1.165, 1.54) is 0 Å².